The van der Waals surface area contributed by atoms with E-state index in [0.29, 0.717) is 46.8 Å². The molecule has 8 aromatic rings. The summed E-state index contributed by atoms with van der Waals surface area (Å²) in [5.74, 6) is -1.96. The van der Waals surface area contributed by atoms with Gasteiger partial charge in [0, 0.05) is 52.7 Å². The molecule has 0 saturated carbocycles. The van der Waals surface area contributed by atoms with Crippen LogP contribution < -0.4 is 31.9 Å². The highest BCUT2D eigenvalue weighted by atomic mass is 32.2. The Bertz CT molecular complexity index is 3460. The molecule has 0 radical (unpaired) electrons. The third kappa shape index (κ3) is 19.8. The number of carboxylic acid groups (broad SMARTS) is 2. The summed E-state index contributed by atoms with van der Waals surface area (Å²) in [4.78, 5) is 85.1. The van der Waals surface area contributed by atoms with Gasteiger partial charge in [0.25, 0.3) is 0 Å². The Kier molecular flexibility index (Phi) is 28.1. The summed E-state index contributed by atoms with van der Waals surface area (Å²) in [6.45, 7) is 7.20. The van der Waals surface area contributed by atoms with E-state index in [4.69, 9.17) is 18.9 Å². The van der Waals surface area contributed by atoms with Gasteiger partial charge in [0.15, 0.2) is 12.6 Å². The van der Waals surface area contributed by atoms with Gasteiger partial charge in [-0.05, 0) is 105 Å². The summed E-state index contributed by atoms with van der Waals surface area (Å²) in [5, 5.41) is 37.5. The van der Waals surface area contributed by atoms with Crippen LogP contribution in [0.4, 0.5) is 21.0 Å². The summed E-state index contributed by atoms with van der Waals surface area (Å²) in [6.07, 6.45) is -3.31. The number of thioether (sulfide) groups is 2. The van der Waals surface area contributed by atoms with Crippen LogP contribution in [0.15, 0.2) is 231 Å². The lowest BCUT2D eigenvalue weighted by molar-refractivity contribution is -0.139. The highest BCUT2D eigenvalue weighted by Gasteiger charge is 2.44. The fraction of sp³-hybridized carbons (Fsp3) is 0.325. The number of aryl methyl sites for hydroxylation is 2. The van der Waals surface area contributed by atoms with Crippen molar-refractivity contribution in [1.29, 1.82) is 0 Å². The van der Waals surface area contributed by atoms with Crippen molar-refractivity contribution in [3.8, 4) is 0 Å². The van der Waals surface area contributed by atoms with Crippen LogP contribution in [0.25, 0.3) is 0 Å². The molecule has 0 aliphatic carbocycles. The van der Waals surface area contributed by atoms with Crippen LogP contribution in [-0.2, 0) is 60.5 Å². The number of methoxy groups -OCH3 is 4. The van der Waals surface area contributed by atoms with Crippen LogP contribution in [0.5, 0.6) is 0 Å². The fourth-order valence-corrected chi connectivity index (χ4v) is 15.9. The number of carbonyl (C=O) groups is 6. The van der Waals surface area contributed by atoms with Gasteiger partial charge >= 0.3 is 12.2 Å². The van der Waals surface area contributed by atoms with Crippen molar-refractivity contribution in [3.05, 3.63) is 275 Å². The average molecular weight is 1390 g/mol. The van der Waals surface area contributed by atoms with Crippen molar-refractivity contribution < 1.29 is 57.9 Å². The standard InChI is InChI=1S/C80H92N6O12S2/c1-77(2,53-67(95-5)96-6)69(85-71(87)65(83-75(91)92)49-51-99-79(57-33-15-9-16-34-57,58-35-17-10-18-36-58)59-37-19-11-20-38-59)73(89)81-63-45-29-27-31-55(63)47-48-56-32-28-30-46-64(56)82-74(90)70(78(3,4)54-68(97-7)98-8)86-72(88)66(84-76(93)94)50-52-100-80(60-39-21-12-22-40-60,61-41-23-13-24-42-61)62-43-25-14-26-44-62/h9-46,65-70,83-84H,47-54H2,1-8H3,(H,81,89)(H,82,90)(H,85,87)(H,86,88)(H,91,92)(H,93,94)/t65-,66-,69?,70?/m0/s1. The average Bonchev–Trinajstić information content (AvgIpc) is 0.765. The molecule has 0 heterocycles. The number of carbonyl (C=O) groups excluding carboxylic acids is 4. The second-order valence-corrected chi connectivity index (χ2v) is 28.3. The van der Waals surface area contributed by atoms with Gasteiger partial charge in [-0.3, -0.25) is 19.2 Å². The Hall–Kier alpha value is -9.28. The van der Waals surface area contributed by atoms with E-state index in [0.717, 1.165) is 33.4 Å². The van der Waals surface area contributed by atoms with Crippen molar-refractivity contribution >= 4 is 70.7 Å². The van der Waals surface area contributed by atoms with E-state index in [9.17, 15) is 29.4 Å². The molecule has 4 atom stereocenters. The molecule has 0 aliphatic rings. The van der Waals surface area contributed by atoms with Crippen molar-refractivity contribution in [1.82, 2.24) is 21.3 Å². The quantitative estimate of drug-likeness (QED) is 0.0133. The van der Waals surface area contributed by atoms with E-state index in [1.165, 1.54) is 28.4 Å². The number of amides is 6. The summed E-state index contributed by atoms with van der Waals surface area (Å²) in [6, 6.07) is 69.6. The van der Waals surface area contributed by atoms with E-state index in [1.807, 2.05) is 133 Å². The van der Waals surface area contributed by atoms with Gasteiger partial charge in [0.2, 0.25) is 23.6 Å². The van der Waals surface area contributed by atoms with Gasteiger partial charge in [0.05, 0.1) is 9.49 Å². The normalized spacial score (nSPS) is 13.1. The Morgan fingerprint density at radius 2 is 0.610 bits per heavy atom. The van der Waals surface area contributed by atoms with Gasteiger partial charge in [-0.15, -0.1) is 23.5 Å². The monoisotopic (exact) mass is 1390 g/mol. The van der Waals surface area contributed by atoms with Gasteiger partial charge in [0.1, 0.15) is 24.2 Å². The number of hydrogen-bond acceptors (Lipinski definition) is 12. The Labute approximate surface area is 595 Å². The lowest BCUT2D eigenvalue weighted by Gasteiger charge is -2.37. The third-order valence-corrected chi connectivity index (χ3v) is 21.2. The number of anilines is 2. The zero-order valence-corrected chi connectivity index (χ0v) is 59.5. The van der Waals surface area contributed by atoms with Crippen LogP contribution in [0.1, 0.15) is 97.9 Å². The Balaban J connectivity index is 1.01. The van der Waals surface area contributed by atoms with E-state index >= 15 is 9.59 Å². The number of benzene rings is 8. The molecule has 8 N–H and O–H groups in total. The lowest BCUT2D eigenvalue weighted by atomic mass is 9.80. The molecule has 18 nitrogen and oxygen atoms in total. The second-order valence-electron chi connectivity index (χ2n) is 25.7. The highest BCUT2D eigenvalue weighted by Crippen LogP contribution is 2.50. The molecule has 0 fully saturated rings. The smallest absolute Gasteiger partial charge is 0.405 e. The van der Waals surface area contributed by atoms with E-state index in [-0.39, 0.29) is 25.7 Å². The maximum atomic E-state index is 15.1. The molecule has 8 rings (SSSR count). The zero-order valence-electron chi connectivity index (χ0n) is 57.9. The summed E-state index contributed by atoms with van der Waals surface area (Å²) in [5.41, 5.74) is 6.16. The van der Waals surface area contributed by atoms with Crippen LogP contribution in [0.3, 0.4) is 0 Å². The molecule has 20 heteroatoms. The van der Waals surface area contributed by atoms with Crippen LogP contribution in [0.2, 0.25) is 0 Å². The first kappa shape index (κ1) is 76.5. The fourth-order valence-electron chi connectivity index (χ4n) is 12.8. The van der Waals surface area contributed by atoms with Gasteiger partial charge < -0.3 is 61.1 Å². The van der Waals surface area contributed by atoms with E-state index in [1.54, 1.807) is 75.5 Å². The predicted molar refractivity (Wildman–Crippen MR) is 396 cm³/mol. The largest absolute Gasteiger partial charge is 0.465 e. The maximum absolute atomic E-state index is 15.1. The molecule has 526 valence electrons. The topological polar surface area (TPSA) is 252 Å². The van der Waals surface area contributed by atoms with E-state index in [2.05, 4.69) is 105 Å². The first-order valence-corrected chi connectivity index (χ1v) is 35.3. The van der Waals surface area contributed by atoms with E-state index < -0.39 is 92.9 Å². The third-order valence-electron chi connectivity index (χ3n) is 18.1. The number of nitrogens with one attached hydrogen (secondary N) is 6. The van der Waals surface area contributed by atoms with Gasteiger partial charge in [-0.2, -0.15) is 0 Å². The van der Waals surface area contributed by atoms with Crippen molar-refractivity contribution in [2.24, 2.45) is 10.8 Å². The van der Waals surface area contributed by atoms with Gasteiger partial charge in [-0.25, -0.2) is 9.59 Å². The molecule has 0 aliphatic heterocycles. The summed E-state index contributed by atoms with van der Waals surface area (Å²) < 4.78 is 21.0. The minimum Gasteiger partial charge on any atom is -0.465 e. The van der Waals surface area contributed by atoms with Crippen LogP contribution in [0, 0.1) is 10.8 Å². The maximum Gasteiger partial charge on any atom is 0.405 e. The summed E-state index contributed by atoms with van der Waals surface area (Å²) in [7, 11) is 5.92. The molecule has 0 aromatic heterocycles. The second kappa shape index (κ2) is 36.7. The molecule has 100 heavy (non-hydrogen) atoms. The number of ether oxygens (including phenoxy) is 4. The van der Waals surface area contributed by atoms with Gasteiger partial charge in [-0.1, -0.05) is 246 Å². The highest BCUT2D eigenvalue weighted by molar-refractivity contribution is 8.00. The zero-order chi connectivity index (χ0) is 71.7. The molecule has 0 saturated heterocycles. The van der Waals surface area contributed by atoms with Crippen molar-refractivity contribution in [2.75, 3.05) is 50.6 Å². The SMILES string of the molecule is COC(CC(C)(C)C(NC(=O)[C@H](CCSC(c1ccccc1)(c1ccccc1)c1ccccc1)NC(=O)O)C(=O)Nc1ccccc1CCc1ccccc1NC(=O)C(NC(=O)[C@H](CCSC(c1ccccc1)(c1ccccc1)c1ccccc1)NC(=O)O)C(C)(C)CC(OC)OC)OC. The van der Waals surface area contributed by atoms with Crippen LogP contribution in [-0.4, -0.2) is 123 Å². The number of rotatable bonds is 37. The molecular formula is C80H92N6O12S2. The first-order valence-electron chi connectivity index (χ1n) is 33.3. The number of hydrogen-bond donors (Lipinski definition) is 8. The van der Waals surface area contributed by atoms with Crippen molar-refractivity contribution in [3.63, 3.8) is 0 Å². The molecule has 8 aromatic carbocycles. The van der Waals surface area contributed by atoms with Crippen LogP contribution >= 0.6 is 23.5 Å². The van der Waals surface area contributed by atoms with Crippen molar-refractivity contribution in [2.45, 2.75) is 112 Å². The predicted octanol–water partition coefficient (Wildman–Crippen LogP) is 13.9. The molecule has 2 unspecified atom stereocenters. The Morgan fingerprint density at radius 1 is 0.360 bits per heavy atom. The lowest BCUT2D eigenvalue weighted by Crippen LogP contribution is -2.58. The minimum atomic E-state index is -1.41. The molecular weight excluding hydrogens is 1300 g/mol. The molecule has 0 spiro atoms. The molecule has 0 bridgehead atoms. The summed E-state index contributed by atoms with van der Waals surface area (Å²) >= 11 is 3.16. The first-order chi connectivity index (χ1) is 48.2. The Morgan fingerprint density at radius 3 is 0.860 bits per heavy atom. The number of para-hydroxylation sites is 2. The molecule has 6 amide bonds. The minimum absolute atomic E-state index is 0.0523.